The Labute approximate surface area is 125 Å². The molecule has 2 aromatic rings. The van der Waals surface area contributed by atoms with Crippen molar-refractivity contribution >= 4 is 18.1 Å². The molecule has 21 heavy (non-hydrogen) atoms. The predicted octanol–water partition coefficient (Wildman–Crippen LogP) is 4.85. The Bertz CT molecular complexity index is 641. The number of rotatable bonds is 3. The zero-order chi connectivity index (χ0) is 15.5. The third-order valence-corrected chi connectivity index (χ3v) is 3.40. The molecule has 0 saturated heterocycles. The molecule has 0 heterocycles. The highest BCUT2D eigenvalue weighted by atomic mass is 16.4. The number of hydrogen-bond acceptors (Lipinski definition) is 1. The van der Waals surface area contributed by atoms with Crippen LogP contribution in [0.5, 0.6) is 0 Å². The Balaban J connectivity index is 2.12. The molecule has 0 aliphatic carbocycles. The number of benzene rings is 2. The Hall–Kier alpha value is -2.35. The molecular weight excluding hydrogens is 260 g/mol. The average Bonchev–Trinajstić information content (AvgIpc) is 2.45. The molecule has 0 aliphatic heterocycles. The molecule has 0 aliphatic rings. The highest BCUT2D eigenvalue weighted by Crippen LogP contribution is 2.22. The minimum atomic E-state index is -0.900. The number of hydrogen-bond donors (Lipinski definition) is 1. The molecule has 0 radical (unpaired) electrons. The minimum absolute atomic E-state index is 0.162. The summed E-state index contributed by atoms with van der Waals surface area (Å²) in [7, 11) is 0. The molecule has 1 N–H and O–H groups in total. The number of carboxylic acids is 1. The second-order valence-electron chi connectivity index (χ2n) is 6.13. The van der Waals surface area contributed by atoms with E-state index >= 15 is 0 Å². The van der Waals surface area contributed by atoms with Crippen LogP contribution in [0.15, 0.2) is 48.5 Å². The number of carboxylic acid groups (broad SMARTS) is 1. The van der Waals surface area contributed by atoms with Crippen molar-refractivity contribution in [1.82, 2.24) is 0 Å². The van der Waals surface area contributed by atoms with Gasteiger partial charge < -0.3 is 5.11 Å². The summed E-state index contributed by atoms with van der Waals surface area (Å²) < 4.78 is 0. The van der Waals surface area contributed by atoms with Crippen LogP contribution in [0.1, 0.15) is 47.8 Å². The highest BCUT2D eigenvalue weighted by molar-refractivity contribution is 5.88. The van der Waals surface area contributed by atoms with Gasteiger partial charge in [-0.05, 0) is 34.2 Å². The molecular formula is C19H20O2. The molecule has 0 aromatic heterocycles. The molecule has 0 unspecified atom stereocenters. The summed E-state index contributed by atoms with van der Waals surface area (Å²) in [6, 6.07) is 15.3. The fourth-order valence-electron chi connectivity index (χ4n) is 2.02. The van der Waals surface area contributed by atoms with Gasteiger partial charge in [0, 0.05) is 0 Å². The second-order valence-corrected chi connectivity index (χ2v) is 6.13. The van der Waals surface area contributed by atoms with E-state index in [1.807, 2.05) is 24.3 Å². The summed E-state index contributed by atoms with van der Waals surface area (Å²) in [5.74, 6) is -0.900. The van der Waals surface area contributed by atoms with Crippen LogP contribution in [0.25, 0.3) is 12.2 Å². The number of aromatic carboxylic acids is 1. The van der Waals surface area contributed by atoms with E-state index in [2.05, 4.69) is 45.0 Å². The summed E-state index contributed by atoms with van der Waals surface area (Å²) in [5, 5.41) is 8.86. The van der Waals surface area contributed by atoms with Crippen LogP contribution in [-0.2, 0) is 5.41 Å². The van der Waals surface area contributed by atoms with Gasteiger partial charge in [-0.2, -0.15) is 0 Å². The largest absolute Gasteiger partial charge is 0.478 e. The normalized spacial score (nSPS) is 11.8. The lowest BCUT2D eigenvalue weighted by Gasteiger charge is -2.18. The van der Waals surface area contributed by atoms with Crippen molar-refractivity contribution in [3.05, 3.63) is 70.8 Å². The van der Waals surface area contributed by atoms with Crippen molar-refractivity contribution in [2.45, 2.75) is 26.2 Å². The first-order valence-electron chi connectivity index (χ1n) is 6.98. The molecule has 108 valence electrons. The quantitative estimate of drug-likeness (QED) is 0.816. The average molecular weight is 280 g/mol. The van der Waals surface area contributed by atoms with Gasteiger partial charge in [0.1, 0.15) is 0 Å². The molecule has 2 heteroatoms. The van der Waals surface area contributed by atoms with Gasteiger partial charge in [0.05, 0.1) is 5.56 Å². The van der Waals surface area contributed by atoms with Gasteiger partial charge in [-0.3, -0.25) is 0 Å². The lowest BCUT2D eigenvalue weighted by atomic mass is 9.87. The van der Waals surface area contributed by atoms with E-state index < -0.39 is 5.97 Å². The Morgan fingerprint density at radius 3 is 1.67 bits per heavy atom. The van der Waals surface area contributed by atoms with Crippen LogP contribution in [0.2, 0.25) is 0 Å². The molecule has 0 amide bonds. The fraction of sp³-hybridized carbons (Fsp3) is 0.211. The van der Waals surface area contributed by atoms with Crippen molar-refractivity contribution in [3.63, 3.8) is 0 Å². The summed E-state index contributed by atoms with van der Waals surface area (Å²) in [5.41, 5.74) is 3.90. The van der Waals surface area contributed by atoms with Crippen molar-refractivity contribution in [2.75, 3.05) is 0 Å². The SMILES string of the molecule is CC(C)(C)c1ccc(/C=C\c2ccc(C(=O)O)cc2)cc1. The van der Waals surface area contributed by atoms with Gasteiger partial charge in [-0.25, -0.2) is 4.79 Å². The summed E-state index contributed by atoms with van der Waals surface area (Å²) >= 11 is 0. The van der Waals surface area contributed by atoms with Gasteiger partial charge in [0.15, 0.2) is 0 Å². The molecule has 0 bridgehead atoms. The second kappa shape index (κ2) is 5.96. The molecule has 0 saturated carbocycles. The molecule has 0 atom stereocenters. The van der Waals surface area contributed by atoms with Crippen LogP contribution in [-0.4, -0.2) is 11.1 Å². The summed E-state index contributed by atoms with van der Waals surface area (Å²) in [6.45, 7) is 6.59. The van der Waals surface area contributed by atoms with E-state index in [0.717, 1.165) is 11.1 Å². The van der Waals surface area contributed by atoms with Crippen LogP contribution < -0.4 is 0 Å². The topological polar surface area (TPSA) is 37.3 Å². The van der Waals surface area contributed by atoms with Crippen molar-refractivity contribution in [2.24, 2.45) is 0 Å². The molecule has 0 spiro atoms. The van der Waals surface area contributed by atoms with E-state index in [9.17, 15) is 4.79 Å². The van der Waals surface area contributed by atoms with Crippen LogP contribution >= 0.6 is 0 Å². The third-order valence-electron chi connectivity index (χ3n) is 3.40. The van der Waals surface area contributed by atoms with Crippen LogP contribution in [0.4, 0.5) is 0 Å². The first kappa shape index (κ1) is 15.0. The fourth-order valence-corrected chi connectivity index (χ4v) is 2.02. The Kier molecular flexibility index (Phi) is 4.27. The van der Waals surface area contributed by atoms with E-state index in [1.165, 1.54) is 5.56 Å². The molecule has 2 nitrogen and oxygen atoms in total. The van der Waals surface area contributed by atoms with E-state index in [4.69, 9.17) is 5.11 Å². The third kappa shape index (κ3) is 4.06. The standard InChI is InChI=1S/C19H20O2/c1-19(2,3)17-12-8-15(9-13-17)5-4-14-6-10-16(11-7-14)18(20)21/h4-13H,1-3H3,(H,20,21)/b5-4-. The van der Waals surface area contributed by atoms with Gasteiger partial charge in [-0.15, -0.1) is 0 Å². The molecule has 2 rings (SSSR count). The lowest BCUT2D eigenvalue weighted by Crippen LogP contribution is -2.10. The molecule has 0 fully saturated rings. The van der Waals surface area contributed by atoms with Crippen LogP contribution in [0, 0.1) is 0 Å². The molecule has 2 aromatic carbocycles. The van der Waals surface area contributed by atoms with Crippen molar-refractivity contribution < 1.29 is 9.90 Å². The predicted molar refractivity (Wildman–Crippen MR) is 87.5 cm³/mol. The lowest BCUT2D eigenvalue weighted by molar-refractivity contribution is 0.0697. The van der Waals surface area contributed by atoms with Gasteiger partial charge in [-0.1, -0.05) is 69.3 Å². The van der Waals surface area contributed by atoms with E-state index in [0.29, 0.717) is 5.56 Å². The number of carbonyl (C=O) groups is 1. The van der Waals surface area contributed by atoms with E-state index in [1.54, 1.807) is 12.1 Å². The maximum absolute atomic E-state index is 10.8. The summed E-state index contributed by atoms with van der Waals surface area (Å²) in [6.07, 6.45) is 4.01. The van der Waals surface area contributed by atoms with Gasteiger partial charge in [0.25, 0.3) is 0 Å². The zero-order valence-electron chi connectivity index (χ0n) is 12.6. The monoisotopic (exact) mass is 280 g/mol. The van der Waals surface area contributed by atoms with Crippen molar-refractivity contribution in [3.8, 4) is 0 Å². The smallest absolute Gasteiger partial charge is 0.335 e. The van der Waals surface area contributed by atoms with Crippen LogP contribution in [0.3, 0.4) is 0 Å². The minimum Gasteiger partial charge on any atom is -0.478 e. The van der Waals surface area contributed by atoms with Gasteiger partial charge >= 0.3 is 5.97 Å². The van der Waals surface area contributed by atoms with Gasteiger partial charge in [0.2, 0.25) is 0 Å². The Morgan fingerprint density at radius 1 is 0.857 bits per heavy atom. The first-order valence-corrected chi connectivity index (χ1v) is 6.98. The summed E-state index contributed by atoms with van der Waals surface area (Å²) in [4.78, 5) is 10.8. The van der Waals surface area contributed by atoms with E-state index in [-0.39, 0.29) is 5.41 Å². The first-order chi connectivity index (χ1) is 9.86. The zero-order valence-corrected chi connectivity index (χ0v) is 12.6. The highest BCUT2D eigenvalue weighted by Gasteiger charge is 2.12. The Morgan fingerprint density at radius 2 is 1.29 bits per heavy atom. The maximum Gasteiger partial charge on any atom is 0.335 e. The maximum atomic E-state index is 10.8. The van der Waals surface area contributed by atoms with Crippen molar-refractivity contribution in [1.29, 1.82) is 0 Å².